The Morgan fingerprint density at radius 3 is 2.88 bits per heavy atom. The average Bonchev–Trinajstić information content (AvgIpc) is 3.08. The summed E-state index contributed by atoms with van der Waals surface area (Å²) in [6.07, 6.45) is 3.96. The van der Waals surface area contributed by atoms with Gasteiger partial charge in [0, 0.05) is 38.4 Å². The van der Waals surface area contributed by atoms with Crippen molar-refractivity contribution in [1.82, 2.24) is 25.3 Å². The highest BCUT2D eigenvalue weighted by atomic mass is 16.2. The molecule has 7 heteroatoms. The molecule has 26 heavy (non-hydrogen) atoms. The standard InChI is InChI=1S/C19H25N5O2/c1-13-4-5-16(8-14(13)2)24-12-15(10-22-24)11-23-7-6-21-19(26)17(23)9-18(25)20-3/h4-5,8,10,12,17H,6-7,9,11H2,1-3H3,(H,20,25)(H,21,26)/t17-/m1/s1. The van der Waals surface area contributed by atoms with Gasteiger partial charge in [-0.25, -0.2) is 4.68 Å². The first-order chi connectivity index (χ1) is 12.5. The van der Waals surface area contributed by atoms with Gasteiger partial charge in [-0.3, -0.25) is 14.5 Å². The van der Waals surface area contributed by atoms with Crippen molar-refractivity contribution in [1.29, 1.82) is 0 Å². The average molecular weight is 355 g/mol. The van der Waals surface area contributed by atoms with Crippen LogP contribution in [-0.4, -0.2) is 52.7 Å². The number of hydrogen-bond donors (Lipinski definition) is 2. The van der Waals surface area contributed by atoms with Crippen molar-refractivity contribution in [3.8, 4) is 5.69 Å². The maximum absolute atomic E-state index is 12.2. The maximum Gasteiger partial charge on any atom is 0.237 e. The highest BCUT2D eigenvalue weighted by molar-refractivity contribution is 5.88. The summed E-state index contributed by atoms with van der Waals surface area (Å²) in [5.74, 6) is -0.232. The number of rotatable bonds is 5. The Kier molecular flexibility index (Phi) is 5.37. The van der Waals surface area contributed by atoms with Gasteiger partial charge in [-0.05, 0) is 37.1 Å². The highest BCUT2D eigenvalue weighted by Crippen LogP contribution is 2.17. The number of hydrogen-bond acceptors (Lipinski definition) is 4. The zero-order chi connectivity index (χ0) is 18.7. The van der Waals surface area contributed by atoms with Crippen LogP contribution in [0.15, 0.2) is 30.6 Å². The van der Waals surface area contributed by atoms with Crippen LogP contribution < -0.4 is 10.6 Å². The Hall–Kier alpha value is -2.67. The van der Waals surface area contributed by atoms with Gasteiger partial charge < -0.3 is 10.6 Å². The van der Waals surface area contributed by atoms with Crippen molar-refractivity contribution in [3.63, 3.8) is 0 Å². The normalized spacial score (nSPS) is 17.8. The van der Waals surface area contributed by atoms with Crippen molar-refractivity contribution in [2.45, 2.75) is 32.9 Å². The van der Waals surface area contributed by atoms with Crippen LogP contribution in [0, 0.1) is 13.8 Å². The monoisotopic (exact) mass is 355 g/mol. The summed E-state index contributed by atoms with van der Waals surface area (Å²) in [5.41, 5.74) is 4.49. The van der Waals surface area contributed by atoms with E-state index in [2.05, 4.69) is 41.7 Å². The molecule has 0 saturated carbocycles. The predicted molar refractivity (Wildman–Crippen MR) is 98.9 cm³/mol. The lowest BCUT2D eigenvalue weighted by atomic mass is 10.1. The van der Waals surface area contributed by atoms with Gasteiger partial charge in [-0.2, -0.15) is 5.10 Å². The van der Waals surface area contributed by atoms with Crippen molar-refractivity contribution >= 4 is 11.8 Å². The topological polar surface area (TPSA) is 79.3 Å². The predicted octanol–water partition coefficient (Wildman–Crippen LogP) is 0.926. The van der Waals surface area contributed by atoms with E-state index in [1.165, 1.54) is 11.1 Å². The van der Waals surface area contributed by atoms with E-state index in [0.717, 1.165) is 11.3 Å². The Morgan fingerprint density at radius 1 is 1.35 bits per heavy atom. The zero-order valence-electron chi connectivity index (χ0n) is 15.5. The number of benzene rings is 1. The van der Waals surface area contributed by atoms with E-state index in [1.54, 1.807) is 7.05 Å². The fraction of sp³-hybridized carbons (Fsp3) is 0.421. The van der Waals surface area contributed by atoms with E-state index in [0.29, 0.717) is 19.6 Å². The minimum absolute atomic E-state index is 0.0959. The number of nitrogens with one attached hydrogen (secondary N) is 2. The Bertz CT molecular complexity index is 814. The molecule has 1 fully saturated rings. The lowest BCUT2D eigenvalue weighted by molar-refractivity contribution is -0.134. The fourth-order valence-electron chi connectivity index (χ4n) is 3.14. The molecule has 1 saturated heterocycles. The van der Waals surface area contributed by atoms with Crippen LogP contribution in [0.3, 0.4) is 0 Å². The molecule has 1 aromatic carbocycles. The largest absolute Gasteiger partial charge is 0.359 e. The van der Waals surface area contributed by atoms with Crippen molar-refractivity contribution in [3.05, 3.63) is 47.3 Å². The molecule has 2 aromatic rings. The molecule has 2 amide bonds. The molecule has 0 aliphatic carbocycles. The van der Waals surface area contributed by atoms with Gasteiger partial charge >= 0.3 is 0 Å². The first kappa shape index (κ1) is 18.1. The number of amides is 2. The summed E-state index contributed by atoms with van der Waals surface area (Å²) in [6.45, 7) is 6.05. The number of carbonyl (C=O) groups excluding carboxylic acids is 2. The number of carbonyl (C=O) groups is 2. The quantitative estimate of drug-likeness (QED) is 0.836. The molecule has 138 valence electrons. The minimum atomic E-state index is -0.450. The van der Waals surface area contributed by atoms with Gasteiger partial charge in [0.05, 0.1) is 24.3 Å². The third-order valence-electron chi connectivity index (χ3n) is 4.88. The van der Waals surface area contributed by atoms with Crippen LogP contribution in [0.1, 0.15) is 23.1 Å². The van der Waals surface area contributed by atoms with Crippen LogP contribution in [-0.2, 0) is 16.1 Å². The van der Waals surface area contributed by atoms with Crippen molar-refractivity contribution < 1.29 is 9.59 Å². The van der Waals surface area contributed by atoms with Crippen LogP contribution >= 0.6 is 0 Å². The van der Waals surface area contributed by atoms with Gasteiger partial charge in [0.2, 0.25) is 11.8 Å². The van der Waals surface area contributed by atoms with Gasteiger partial charge in [-0.15, -0.1) is 0 Å². The molecule has 0 bridgehead atoms. The molecule has 1 aliphatic heterocycles. The zero-order valence-corrected chi connectivity index (χ0v) is 15.5. The summed E-state index contributed by atoms with van der Waals surface area (Å²) < 4.78 is 1.85. The minimum Gasteiger partial charge on any atom is -0.359 e. The number of piperazine rings is 1. The van der Waals surface area contributed by atoms with Crippen LogP contribution in [0.4, 0.5) is 0 Å². The third-order valence-corrected chi connectivity index (χ3v) is 4.88. The Balaban J connectivity index is 1.75. The Labute approximate surface area is 153 Å². The second-order valence-corrected chi connectivity index (χ2v) is 6.72. The van der Waals surface area contributed by atoms with Gasteiger partial charge in [-0.1, -0.05) is 6.07 Å². The van der Waals surface area contributed by atoms with E-state index in [9.17, 15) is 9.59 Å². The second-order valence-electron chi connectivity index (χ2n) is 6.72. The van der Waals surface area contributed by atoms with Crippen LogP contribution in [0.25, 0.3) is 5.69 Å². The van der Waals surface area contributed by atoms with E-state index in [-0.39, 0.29) is 18.2 Å². The van der Waals surface area contributed by atoms with E-state index >= 15 is 0 Å². The summed E-state index contributed by atoms with van der Waals surface area (Å²) in [5, 5.41) is 9.88. The maximum atomic E-state index is 12.2. The van der Waals surface area contributed by atoms with Crippen molar-refractivity contribution in [2.24, 2.45) is 0 Å². The van der Waals surface area contributed by atoms with E-state index in [4.69, 9.17) is 0 Å². The van der Waals surface area contributed by atoms with Crippen LogP contribution in [0.5, 0.6) is 0 Å². The van der Waals surface area contributed by atoms with Gasteiger partial charge in [0.15, 0.2) is 0 Å². The molecular weight excluding hydrogens is 330 g/mol. The molecular formula is C19H25N5O2. The molecule has 3 rings (SSSR count). The summed E-state index contributed by atoms with van der Waals surface area (Å²) >= 11 is 0. The number of aromatic nitrogens is 2. The molecule has 1 aliphatic rings. The first-order valence-electron chi connectivity index (χ1n) is 8.81. The van der Waals surface area contributed by atoms with Gasteiger partial charge in [0.1, 0.15) is 0 Å². The van der Waals surface area contributed by atoms with Gasteiger partial charge in [0.25, 0.3) is 0 Å². The smallest absolute Gasteiger partial charge is 0.237 e. The molecule has 0 unspecified atom stereocenters. The molecule has 1 aromatic heterocycles. The summed E-state index contributed by atoms with van der Waals surface area (Å²) in [6, 6.07) is 5.78. The molecule has 0 radical (unpaired) electrons. The summed E-state index contributed by atoms with van der Waals surface area (Å²) in [7, 11) is 1.58. The fourth-order valence-corrected chi connectivity index (χ4v) is 3.14. The second kappa shape index (κ2) is 7.70. The van der Waals surface area contributed by atoms with Crippen LogP contribution in [0.2, 0.25) is 0 Å². The van der Waals surface area contributed by atoms with Crippen molar-refractivity contribution in [2.75, 3.05) is 20.1 Å². The molecule has 7 nitrogen and oxygen atoms in total. The van der Waals surface area contributed by atoms with E-state index < -0.39 is 6.04 Å². The SMILES string of the molecule is CNC(=O)C[C@@H]1C(=O)NCCN1Cc1cnn(-c2ccc(C)c(C)c2)c1. The Morgan fingerprint density at radius 2 is 2.15 bits per heavy atom. The van der Waals surface area contributed by atoms with E-state index in [1.807, 2.05) is 28.0 Å². The summed E-state index contributed by atoms with van der Waals surface area (Å²) in [4.78, 5) is 26.0. The molecule has 2 heterocycles. The lowest BCUT2D eigenvalue weighted by Gasteiger charge is -2.34. The molecule has 1 atom stereocenters. The first-order valence-corrected chi connectivity index (χ1v) is 8.81. The highest BCUT2D eigenvalue weighted by Gasteiger charge is 2.31. The molecule has 2 N–H and O–H groups in total. The number of nitrogens with zero attached hydrogens (tertiary/aromatic N) is 3. The lowest BCUT2D eigenvalue weighted by Crippen LogP contribution is -2.55. The number of aryl methyl sites for hydroxylation is 2. The molecule has 0 spiro atoms. The third kappa shape index (κ3) is 3.94.